The molecule has 1 fully saturated rings. The van der Waals surface area contributed by atoms with Crippen LogP contribution in [0.25, 0.3) is 10.9 Å². The van der Waals surface area contributed by atoms with E-state index in [1.54, 1.807) is 24.3 Å². The highest BCUT2D eigenvalue weighted by atomic mass is 35.5. The van der Waals surface area contributed by atoms with Crippen molar-refractivity contribution in [3.05, 3.63) is 62.9 Å². The Morgan fingerprint density at radius 1 is 1.09 bits per heavy atom. The minimum atomic E-state index is -3.94. The molecular formula is C24H25ClN2O6S. The third kappa shape index (κ3) is 4.53. The third-order valence-corrected chi connectivity index (χ3v) is 8.36. The maximum atomic E-state index is 13.6. The summed E-state index contributed by atoms with van der Waals surface area (Å²) in [6.45, 7) is 3.34. The van der Waals surface area contributed by atoms with Crippen LogP contribution in [0.4, 0.5) is 0 Å². The average molecular weight is 505 g/mol. The second-order valence-electron chi connectivity index (χ2n) is 8.55. The van der Waals surface area contributed by atoms with Crippen LogP contribution < -0.4 is 15.0 Å². The predicted molar refractivity (Wildman–Crippen MR) is 128 cm³/mol. The largest absolute Gasteiger partial charge is 0.486 e. The second kappa shape index (κ2) is 9.22. The second-order valence-corrected chi connectivity index (χ2v) is 10.9. The first kappa shape index (κ1) is 23.2. The summed E-state index contributed by atoms with van der Waals surface area (Å²) in [7, 11) is -3.94. The smallest absolute Gasteiger partial charge is 0.252 e. The minimum absolute atomic E-state index is 0.0814. The van der Waals surface area contributed by atoms with E-state index in [1.165, 1.54) is 16.4 Å². The van der Waals surface area contributed by atoms with E-state index in [0.717, 1.165) is 23.8 Å². The van der Waals surface area contributed by atoms with E-state index < -0.39 is 10.0 Å². The first-order valence-electron chi connectivity index (χ1n) is 11.1. The lowest BCUT2D eigenvalue weighted by molar-refractivity contribution is 0.0925. The first-order chi connectivity index (χ1) is 16.3. The lowest BCUT2D eigenvalue weighted by Crippen LogP contribution is -2.38. The molecule has 0 saturated carbocycles. The number of sulfonamides is 1. The summed E-state index contributed by atoms with van der Waals surface area (Å²) in [4.78, 5) is 15.9. The van der Waals surface area contributed by atoms with E-state index in [0.29, 0.717) is 47.4 Å². The zero-order valence-corrected chi connectivity index (χ0v) is 20.2. The zero-order chi connectivity index (χ0) is 23.9. The molecule has 0 amide bonds. The Kier molecular flexibility index (Phi) is 6.28. The number of H-pyrrole nitrogens is 1. The topological polar surface area (TPSA) is 97.9 Å². The van der Waals surface area contributed by atoms with Gasteiger partial charge in [-0.25, -0.2) is 8.42 Å². The fourth-order valence-corrected chi connectivity index (χ4v) is 5.96. The molecule has 1 N–H and O–H groups in total. The molecule has 2 aromatic carbocycles. The van der Waals surface area contributed by atoms with Crippen molar-refractivity contribution in [3.63, 3.8) is 0 Å². The van der Waals surface area contributed by atoms with Crippen LogP contribution in [-0.2, 0) is 21.3 Å². The molecule has 8 nitrogen and oxygen atoms in total. The van der Waals surface area contributed by atoms with Gasteiger partial charge in [0, 0.05) is 41.7 Å². The van der Waals surface area contributed by atoms with Crippen LogP contribution in [0.5, 0.6) is 11.5 Å². The van der Waals surface area contributed by atoms with Crippen molar-refractivity contribution in [2.75, 3.05) is 26.4 Å². The van der Waals surface area contributed by atoms with Crippen molar-refractivity contribution in [3.8, 4) is 11.5 Å². The highest BCUT2D eigenvalue weighted by molar-refractivity contribution is 7.89. The van der Waals surface area contributed by atoms with Gasteiger partial charge in [0.15, 0.2) is 11.5 Å². The standard InChI is InChI=1S/C24H25ClN2O6S/c1-15-4-5-19(11-20(15)25)34(29,30)27(14-18-3-2-6-31-18)13-17-9-16-10-22-23(33-8-7-32-22)12-21(16)26-24(17)28/h4-5,9-12,18H,2-3,6-8,13-14H2,1H3,(H,26,28). The number of aromatic amines is 1. The highest BCUT2D eigenvalue weighted by Gasteiger charge is 2.30. The lowest BCUT2D eigenvalue weighted by atomic mass is 10.1. The summed E-state index contributed by atoms with van der Waals surface area (Å²) < 4.78 is 45.5. The van der Waals surface area contributed by atoms with Crippen molar-refractivity contribution in [1.82, 2.24) is 9.29 Å². The van der Waals surface area contributed by atoms with E-state index in [-0.39, 0.29) is 29.6 Å². The monoisotopic (exact) mass is 504 g/mol. The van der Waals surface area contributed by atoms with Crippen molar-refractivity contribution in [2.45, 2.75) is 37.3 Å². The molecule has 0 radical (unpaired) electrons. The molecule has 0 aliphatic carbocycles. The molecule has 3 aromatic rings. The molecule has 1 unspecified atom stereocenters. The number of fused-ring (bicyclic) bond motifs is 2. The van der Waals surface area contributed by atoms with Crippen LogP contribution in [0.15, 0.2) is 46.1 Å². The number of hydrogen-bond donors (Lipinski definition) is 1. The van der Waals surface area contributed by atoms with E-state index in [2.05, 4.69) is 4.98 Å². The summed E-state index contributed by atoms with van der Waals surface area (Å²) in [5, 5.41) is 1.10. The average Bonchev–Trinajstić information content (AvgIpc) is 3.33. The van der Waals surface area contributed by atoms with Crippen LogP contribution in [0.2, 0.25) is 5.02 Å². The number of hydrogen-bond acceptors (Lipinski definition) is 6. The molecule has 180 valence electrons. The quantitative estimate of drug-likeness (QED) is 0.550. The van der Waals surface area contributed by atoms with Crippen LogP contribution in [0.1, 0.15) is 24.0 Å². The van der Waals surface area contributed by atoms with Gasteiger partial charge in [-0.15, -0.1) is 0 Å². The number of aryl methyl sites for hydroxylation is 1. The van der Waals surface area contributed by atoms with Crippen LogP contribution in [0, 0.1) is 6.92 Å². The van der Waals surface area contributed by atoms with E-state index in [1.807, 2.05) is 6.92 Å². The van der Waals surface area contributed by atoms with Gasteiger partial charge in [0.1, 0.15) is 13.2 Å². The summed E-state index contributed by atoms with van der Waals surface area (Å²) in [6.07, 6.45) is 1.41. The third-order valence-electron chi connectivity index (χ3n) is 6.14. The van der Waals surface area contributed by atoms with Crippen molar-refractivity contribution >= 4 is 32.5 Å². The molecule has 1 saturated heterocycles. The van der Waals surface area contributed by atoms with E-state index >= 15 is 0 Å². The molecular weight excluding hydrogens is 480 g/mol. The molecule has 1 aromatic heterocycles. The zero-order valence-electron chi connectivity index (χ0n) is 18.7. The first-order valence-corrected chi connectivity index (χ1v) is 13.0. The molecule has 0 bridgehead atoms. The number of rotatable bonds is 6. The van der Waals surface area contributed by atoms with Crippen molar-refractivity contribution < 1.29 is 22.6 Å². The van der Waals surface area contributed by atoms with Gasteiger partial charge in [-0.3, -0.25) is 4.79 Å². The number of benzene rings is 2. The Balaban J connectivity index is 1.53. The number of aromatic nitrogens is 1. The van der Waals surface area contributed by atoms with Gasteiger partial charge >= 0.3 is 0 Å². The molecule has 34 heavy (non-hydrogen) atoms. The van der Waals surface area contributed by atoms with Crippen LogP contribution >= 0.6 is 11.6 Å². The molecule has 0 spiro atoms. The lowest BCUT2D eigenvalue weighted by Gasteiger charge is -2.25. The number of ether oxygens (including phenoxy) is 3. The SMILES string of the molecule is Cc1ccc(S(=O)(=O)N(Cc2cc3cc4c(cc3[nH]c2=O)OCCO4)CC2CCCO2)cc1Cl. The number of halogens is 1. The Morgan fingerprint density at radius 3 is 2.56 bits per heavy atom. The summed E-state index contributed by atoms with van der Waals surface area (Å²) >= 11 is 6.22. The fraction of sp³-hybridized carbons (Fsp3) is 0.375. The number of nitrogens with zero attached hydrogens (tertiary/aromatic N) is 1. The Morgan fingerprint density at radius 2 is 1.85 bits per heavy atom. The van der Waals surface area contributed by atoms with Gasteiger partial charge in [-0.2, -0.15) is 4.31 Å². The normalized spacial score (nSPS) is 18.0. The van der Waals surface area contributed by atoms with Crippen molar-refractivity contribution in [1.29, 1.82) is 0 Å². The van der Waals surface area contributed by atoms with Crippen molar-refractivity contribution in [2.24, 2.45) is 0 Å². The molecule has 1 atom stereocenters. The number of nitrogens with one attached hydrogen (secondary N) is 1. The van der Waals surface area contributed by atoms with Gasteiger partial charge in [0.2, 0.25) is 10.0 Å². The van der Waals surface area contributed by atoms with Crippen LogP contribution in [-0.4, -0.2) is 50.2 Å². The minimum Gasteiger partial charge on any atom is -0.486 e. The predicted octanol–water partition coefficient (Wildman–Crippen LogP) is 3.63. The Labute approximate surface area is 202 Å². The maximum Gasteiger partial charge on any atom is 0.252 e. The van der Waals surface area contributed by atoms with Gasteiger partial charge in [-0.1, -0.05) is 17.7 Å². The fourth-order valence-electron chi connectivity index (χ4n) is 4.24. The maximum absolute atomic E-state index is 13.6. The van der Waals surface area contributed by atoms with Gasteiger partial charge in [-0.05, 0) is 49.6 Å². The van der Waals surface area contributed by atoms with E-state index in [4.69, 9.17) is 25.8 Å². The molecule has 2 aliphatic heterocycles. The molecule has 2 aliphatic rings. The van der Waals surface area contributed by atoms with E-state index in [9.17, 15) is 13.2 Å². The molecule has 5 rings (SSSR count). The van der Waals surface area contributed by atoms with Gasteiger partial charge in [0.05, 0.1) is 16.5 Å². The summed E-state index contributed by atoms with van der Waals surface area (Å²) in [5.74, 6) is 1.16. The highest BCUT2D eigenvalue weighted by Crippen LogP contribution is 2.34. The summed E-state index contributed by atoms with van der Waals surface area (Å²) in [5.41, 5.74) is 1.34. The number of pyridine rings is 1. The summed E-state index contributed by atoms with van der Waals surface area (Å²) in [6, 6.07) is 9.88. The Hall–Kier alpha value is -2.59. The van der Waals surface area contributed by atoms with Gasteiger partial charge in [0.25, 0.3) is 5.56 Å². The molecule has 10 heteroatoms. The van der Waals surface area contributed by atoms with Crippen LogP contribution in [0.3, 0.4) is 0 Å². The Bertz CT molecular complexity index is 1400. The molecule has 3 heterocycles. The van der Waals surface area contributed by atoms with Gasteiger partial charge < -0.3 is 19.2 Å².